The van der Waals surface area contributed by atoms with Gasteiger partial charge in [0, 0.05) is 17.2 Å². The second kappa shape index (κ2) is 5.34. The van der Waals surface area contributed by atoms with Gasteiger partial charge in [0.2, 0.25) is 0 Å². The van der Waals surface area contributed by atoms with Crippen LogP contribution in [0.5, 0.6) is 0 Å². The summed E-state index contributed by atoms with van der Waals surface area (Å²) in [4.78, 5) is 0. The highest BCUT2D eigenvalue weighted by Crippen LogP contribution is 2.35. The Labute approximate surface area is 106 Å². The molecule has 2 rings (SSSR count). The van der Waals surface area contributed by atoms with E-state index in [2.05, 4.69) is 12.2 Å². The SMILES string of the molecule is CNC(c1c(F)cccc1Cl)C1OCCC1C. The summed E-state index contributed by atoms with van der Waals surface area (Å²) in [6.07, 6.45) is 0.990. The Morgan fingerprint density at radius 1 is 1.53 bits per heavy atom. The summed E-state index contributed by atoms with van der Waals surface area (Å²) in [6, 6.07) is 4.57. The summed E-state index contributed by atoms with van der Waals surface area (Å²) in [7, 11) is 1.81. The molecular formula is C13H17ClFNO. The van der Waals surface area contributed by atoms with Crippen molar-refractivity contribution in [3.05, 3.63) is 34.6 Å². The predicted octanol–water partition coefficient (Wildman–Crippen LogP) is 3.16. The summed E-state index contributed by atoms with van der Waals surface area (Å²) in [6.45, 7) is 2.85. The zero-order valence-corrected chi connectivity index (χ0v) is 10.8. The molecule has 0 radical (unpaired) electrons. The first-order valence-corrected chi connectivity index (χ1v) is 6.25. The monoisotopic (exact) mass is 257 g/mol. The minimum Gasteiger partial charge on any atom is -0.376 e. The highest BCUT2D eigenvalue weighted by atomic mass is 35.5. The van der Waals surface area contributed by atoms with Crippen LogP contribution in [0, 0.1) is 11.7 Å². The predicted molar refractivity (Wildman–Crippen MR) is 66.7 cm³/mol. The van der Waals surface area contributed by atoms with Crippen molar-refractivity contribution in [2.75, 3.05) is 13.7 Å². The van der Waals surface area contributed by atoms with Gasteiger partial charge in [-0.25, -0.2) is 4.39 Å². The highest BCUT2D eigenvalue weighted by Gasteiger charge is 2.34. The molecule has 0 aromatic heterocycles. The van der Waals surface area contributed by atoms with Crippen LogP contribution in [0.15, 0.2) is 18.2 Å². The van der Waals surface area contributed by atoms with Crippen LogP contribution in [0.4, 0.5) is 4.39 Å². The lowest BCUT2D eigenvalue weighted by Gasteiger charge is -2.27. The van der Waals surface area contributed by atoms with E-state index in [4.69, 9.17) is 16.3 Å². The molecule has 17 heavy (non-hydrogen) atoms. The first kappa shape index (κ1) is 12.8. The zero-order valence-electron chi connectivity index (χ0n) is 10.0. The molecule has 3 atom stereocenters. The van der Waals surface area contributed by atoms with E-state index in [1.54, 1.807) is 12.1 Å². The van der Waals surface area contributed by atoms with Gasteiger partial charge in [-0.3, -0.25) is 0 Å². The van der Waals surface area contributed by atoms with Gasteiger partial charge < -0.3 is 10.1 Å². The fraction of sp³-hybridized carbons (Fsp3) is 0.538. The second-order valence-corrected chi connectivity index (χ2v) is 4.91. The molecule has 1 saturated heterocycles. The fourth-order valence-corrected chi connectivity index (χ4v) is 2.70. The van der Waals surface area contributed by atoms with Crippen molar-refractivity contribution in [2.24, 2.45) is 5.92 Å². The third kappa shape index (κ3) is 2.46. The van der Waals surface area contributed by atoms with Crippen LogP contribution < -0.4 is 5.32 Å². The molecule has 1 aromatic carbocycles. The van der Waals surface area contributed by atoms with Crippen LogP contribution in [0.25, 0.3) is 0 Å². The first-order chi connectivity index (χ1) is 8.15. The van der Waals surface area contributed by atoms with Crippen molar-refractivity contribution in [3.63, 3.8) is 0 Å². The number of ether oxygens (including phenoxy) is 1. The van der Waals surface area contributed by atoms with E-state index in [-0.39, 0.29) is 18.0 Å². The number of hydrogen-bond donors (Lipinski definition) is 1. The third-order valence-corrected chi connectivity index (χ3v) is 3.72. The summed E-state index contributed by atoms with van der Waals surface area (Å²) in [5.41, 5.74) is 0.510. The molecule has 0 saturated carbocycles. The number of halogens is 2. The van der Waals surface area contributed by atoms with Gasteiger partial charge in [-0.05, 0) is 31.5 Å². The maximum Gasteiger partial charge on any atom is 0.129 e. The Morgan fingerprint density at radius 2 is 2.29 bits per heavy atom. The zero-order chi connectivity index (χ0) is 12.4. The van der Waals surface area contributed by atoms with Gasteiger partial charge in [0.1, 0.15) is 5.82 Å². The largest absolute Gasteiger partial charge is 0.376 e. The van der Waals surface area contributed by atoms with E-state index < -0.39 is 0 Å². The molecule has 1 aromatic rings. The van der Waals surface area contributed by atoms with E-state index in [1.165, 1.54) is 6.07 Å². The van der Waals surface area contributed by atoms with Crippen molar-refractivity contribution in [1.82, 2.24) is 5.32 Å². The maximum absolute atomic E-state index is 13.9. The molecule has 1 aliphatic heterocycles. The van der Waals surface area contributed by atoms with Crippen molar-refractivity contribution < 1.29 is 9.13 Å². The van der Waals surface area contributed by atoms with E-state index in [0.717, 1.165) is 13.0 Å². The van der Waals surface area contributed by atoms with Gasteiger partial charge in [-0.1, -0.05) is 24.6 Å². The molecule has 94 valence electrons. The lowest BCUT2D eigenvalue weighted by atomic mass is 9.92. The van der Waals surface area contributed by atoms with Gasteiger partial charge in [-0.15, -0.1) is 0 Å². The van der Waals surface area contributed by atoms with Gasteiger partial charge in [-0.2, -0.15) is 0 Å². The smallest absolute Gasteiger partial charge is 0.129 e. The average Bonchev–Trinajstić information content (AvgIpc) is 2.70. The number of hydrogen-bond acceptors (Lipinski definition) is 2. The number of rotatable bonds is 3. The molecule has 0 bridgehead atoms. The van der Waals surface area contributed by atoms with E-state index >= 15 is 0 Å². The van der Waals surface area contributed by atoms with E-state index in [0.29, 0.717) is 16.5 Å². The van der Waals surface area contributed by atoms with Crippen LogP contribution in [0.1, 0.15) is 24.9 Å². The van der Waals surface area contributed by atoms with Gasteiger partial charge in [0.05, 0.1) is 12.1 Å². The van der Waals surface area contributed by atoms with E-state index in [1.807, 2.05) is 7.05 Å². The minimum atomic E-state index is -0.278. The normalized spacial score (nSPS) is 26.1. The van der Waals surface area contributed by atoms with Crippen molar-refractivity contribution in [2.45, 2.75) is 25.5 Å². The van der Waals surface area contributed by atoms with Crippen LogP contribution >= 0.6 is 11.6 Å². The molecule has 0 spiro atoms. The Morgan fingerprint density at radius 3 is 2.82 bits per heavy atom. The molecule has 1 aliphatic rings. The van der Waals surface area contributed by atoms with Crippen molar-refractivity contribution in [3.8, 4) is 0 Å². The quantitative estimate of drug-likeness (QED) is 0.898. The van der Waals surface area contributed by atoms with E-state index in [9.17, 15) is 4.39 Å². The third-order valence-electron chi connectivity index (χ3n) is 3.39. The lowest BCUT2D eigenvalue weighted by molar-refractivity contribution is 0.0620. The fourth-order valence-electron chi connectivity index (χ4n) is 2.42. The molecule has 1 N–H and O–H groups in total. The highest BCUT2D eigenvalue weighted by molar-refractivity contribution is 6.31. The van der Waals surface area contributed by atoms with Crippen molar-refractivity contribution >= 4 is 11.6 Å². The number of likely N-dealkylation sites (N-methyl/N-ethyl adjacent to an activating group) is 1. The molecular weight excluding hydrogens is 241 g/mol. The molecule has 4 heteroatoms. The van der Waals surface area contributed by atoms with Crippen LogP contribution in [-0.4, -0.2) is 19.8 Å². The lowest BCUT2D eigenvalue weighted by Crippen LogP contribution is -2.33. The minimum absolute atomic E-state index is 0.0191. The van der Waals surface area contributed by atoms with Gasteiger partial charge in [0.15, 0.2) is 0 Å². The van der Waals surface area contributed by atoms with Crippen LogP contribution in [0.2, 0.25) is 5.02 Å². The summed E-state index contributed by atoms with van der Waals surface area (Å²) >= 11 is 6.09. The molecule has 0 amide bonds. The number of nitrogens with one attached hydrogen (secondary N) is 1. The van der Waals surface area contributed by atoms with Gasteiger partial charge >= 0.3 is 0 Å². The molecule has 3 unspecified atom stereocenters. The standard InChI is InChI=1S/C13H17ClFNO/c1-8-6-7-17-13(8)12(16-2)11-9(14)4-3-5-10(11)15/h3-5,8,12-13,16H,6-7H2,1-2H3. The summed E-state index contributed by atoms with van der Waals surface area (Å²) in [5.74, 6) is 0.127. The average molecular weight is 258 g/mol. The molecule has 1 heterocycles. The summed E-state index contributed by atoms with van der Waals surface area (Å²) in [5, 5.41) is 3.57. The van der Waals surface area contributed by atoms with Crippen LogP contribution in [0.3, 0.4) is 0 Å². The maximum atomic E-state index is 13.9. The summed E-state index contributed by atoms with van der Waals surface area (Å²) < 4.78 is 19.6. The second-order valence-electron chi connectivity index (χ2n) is 4.50. The van der Waals surface area contributed by atoms with Gasteiger partial charge in [0.25, 0.3) is 0 Å². The Hall–Kier alpha value is -0.640. The first-order valence-electron chi connectivity index (χ1n) is 5.88. The molecule has 2 nitrogen and oxygen atoms in total. The van der Waals surface area contributed by atoms with Crippen LogP contribution in [-0.2, 0) is 4.74 Å². The Bertz CT molecular complexity index is 379. The Kier molecular flexibility index (Phi) is 4.02. The topological polar surface area (TPSA) is 21.3 Å². The number of benzene rings is 1. The molecule has 1 fully saturated rings. The molecule has 0 aliphatic carbocycles. The van der Waals surface area contributed by atoms with Crippen molar-refractivity contribution in [1.29, 1.82) is 0 Å². The Balaban J connectivity index is 2.35.